The summed E-state index contributed by atoms with van der Waals surface area (Å²) in [6.45, 7) is 2.04. The molecule has 4 nitrogen and oxygen atoms in total. The SMILES string of the molecule is COC(=O)COc1ccc(OCC=C(c2ccc(F)cc2)c2ccc(C#CCSC)cc2)cc1C. The van der Waals surface area contributed by atoms with Crippen molar-refractivity contribution in [3.8, 4) is 23.3 Å². The number of aryl methyl sites for hydroxylation is 1. The second-order valence-electron chi connectivity index (χ2n) is 7.54. The van der Waals surface area contributed by atoms with Crippen molar-refractivity contribution in [2.75, 3.05) is 32.3 Å². The first-order valence-electron chi connectivity index (χ1n) is 11.0. The number of carbonyl (C=O) groups is 1. The van der Waals surface area contributed by atoms with Crippen LogP contribution in [-0.4, -0.2) is 38.3 Å². The van der Waals surface area contributed by atoms with Crippen molar-refractivity contribution < 1.29 is 23.4 Å². The predicted octanol–water partition coefficient (Wildman–Crippen LogP) is 5.91. The minimum atomic E-state index is -0.441. The van der Waals surface area contributed by atoms with E-state index in [9.17, 15) is 9.18 Å². The fourth-order valence-corrected chi connectivity index (χ4v) is 3.48. The molecule has 0 radical (unpaired) electrons. The second-order valence-corrected chi connectivity index (χ2v) is 8.41. The number of ether oxygens (including phenoxy) is 3. The highest BCUT2D eigenvalue weighted by molar-refractivity contribution is 7.98. The maximum absolute atomic E-state index is 13.5. The van der Waals surface area contributed by atoms with E-state index in [0.29, 0.717) is 18.1 Å². The number of rotatable bonds is 9. The highest BCUT2D eigenvalue weighted by Gasteiger charge is 2.08. The quantitative estimate of drug-likeness (QED) is 0.276. The molecule has 0 atom stereocenters. The second kappa shape index (κ2) is 13.3. The molecule has 0 aromatic heterocycles. The number of hydrogen-bond donors (Lipinski definition) is 0. The van der Waals surface area contributed by atoms with Gasteiger partial charge in [-0.05, 0) is 84.0 Å². The van der Waals surface area contributed by atoms with E-state index in [1.807, 2.05) is 49.6 Å². The Morgan fingerprint density at radius 3 is 2.31 bits per heavy atom. The number of methoxy groups -OCH3 is 1. The molecule has 0 amide bonds. The summed E-state index contributed by atoms with van der Waals surface area (Å²) in [7, 11) is 1.32. The van der Waals surface area contributed by atoms with E-state index in [0.717, 1.165) is 33.6 Å². The maximum atomic E-state index is 13.5. The van der Waals surface area contributed by atoms with Crippen molar-refractivity contribution in [2.45, 2.75) is 6.92 Å². The smallest absolute Gasteiger partial charge is 0.343 e. The summed E-state index contributed by atoms with van der Waals surface area (Å²) in [6.07, 6.45) is 3.99. The van der Waals surface area contributed by atoms with Gasteiger partial charge in [-0.25, -0.2) is 9.18 Å². The van der Waals surface area contributed by atoms with E-state index in [1.165, 1.54) is 19.2 Å². The molecule has 0 aliphatic heterocycles. The van der Waals surface area contributed by atoms with Gasteiger partial charge in [-0.2, -0.15) is 11.8 Å². The fraction of sp³-hybridized carbons (Fsp3) is 0.207. The Bertz CT molecular complexity index is 1220. The number of carbonyl (C=O) groups excluding carboxylic acids is 1. The molecule has 0 saturated heterocycles. The summed E-state index contributed by atoms with van der Waals surface area (Å²) in [5, 5.41) is 0. The van der Waals surface area contributed by atoms with Gasteiger partial charge in [0.1, 0.15) is 23.9 Å². The zero-order valence-corrected chi connectivity index (χ0v) is 20.8. The van der Waals surface area contributed by atoms with E-state index >= 15 is 0 Å². The molecule has 0 fully saturated rings. The minimum absolute atomic E-state index is 0.150. The highest BCUT2D eigenvalue weighted by atomic mass is 32.2. The van der Waals surface area contributed by atoms with Gasteiger partial charge in [-0.15, -0.1) is 0 Å². The average Bonchev–Trinajstić information content (AvgIpc) is 2.87. The van der Waals surface area contributed by atoms with Crippen LogP contribution in [0.1, 0.15) is 22.3 Å². The van der Waals surface area contributed by atoms with Crippen molar-refractivity contribution in [3.05, 3.63) is 101 Å². The van der Waals surface area contributed by atoms with Gasteiger partial charge in [0.15, 0.2) is 6.61 Å². The van der Waals surface area contributed by atoms with Crippen LogP contribution >= 0.6 is 11.8 Å². The van der Waals surface area contributed by atoms with E-state index in [4.69, 9.17) is 9.47 Å². The minimum Gasteiger partial charge on any atom is -0.489 e. The normalized spacial score (nSPS) is 10.8. The molecule has 0 spiro atoms. The monoisotopic (exact) mass is 490 g/mol. The number of thioether (sulfide) groups is 1. The molecular formula is C29H27FO4S. The Labute approximate surface area is 210 Å². The predicted molar refractivity (Wildman–Crippen MR) is 139 cm³/mol. The van der Waals surface area contributed by atoms with Crippen LogP contribution in [0.25, 0.3) is 5.57 Å². The van der Waals surface area contributed by atoms with Crippen LogP contribution in [0, 0.1) is 24.6 Å². The Morgan fingerprint density at radius 2 is 1.69 bits per heavy atom. The topological polar surface area (TPSA) is 44.8 Å². The molecule has 3 aromatic rings. The maximum Gasteiger partial charge on any atom is 0.343 e. The van der Waals surface area contributed by atoms with Crippen LogP contribution in [0.15, 0.2) is 72.8 Å². The van der Waals surface area contributed by atoms with Crippen molar-refractivity contribution in [1.82, 2.24) is 0 Å². The number of halogens is 1. The molecule has 0 N–H and O–H groups in total. The van der Waals surface area contributed by atoms with Gasteiger partial charge >= 0.3 is 5.97 Å². The molecule has 0 heterocycles. The van der Waals surface area contributed by atoms with Crippen molar-refractivity contribution in [2.24, 2.45) is 0 Å². The molecule has 3 rings (SSSR count). The van der Waals surface area contributed by atoms with Gasteiger partial charge in [0.2, 0.25) is 0 Å². The van der Waals surface area contributed by atoms with E-state index in [2.05, 4.69) is 16.6 Å². The third-order valence-electron chi connectivity index (χ3n) is 5.06. The fourth-order valence-electron chi connectivity index (χ4n) is 3.27. The Morgan fingerprint density at radius 1 is 1.00 bits per heavy atom. The van der Waals surface area contributed by atoms with Crippen molar-refractivity contribution >= 4 is 23.3 Å². The zero-order valence-electron chi connectivity index (χ0n) is 20.0. The van der Waals surface area contributed by atoms with Crippen molar-refractivity contribution in [1.29, 1.82) is 0 Å². The molecule has 0 saturated carbocycles. The van der Waals surface area contributed by atoms with Crippen LogP contribution in [0.4, 0.5) is 4.39 Å². The largest absolute Gasteiger partial charge is 0.489 e. The Hall–Kier alpha value is -3.69. The molecule has 6 heteroatoms. The number of benzene rings is 3. The first kappa shape index (κ1) is 25.9. The van der Waals surface area contributed by atoms with Gasteiger partial charge in [-0.3, -0.25) is 0 Å². The summed E-state index contributed by atoms with van der Waals surface area (Å²) >= 11 is 1.69. The van der Waals surface area contributed by atoms with E-state index in [1.54, 1.807) is 36.0 Å². The Kier molecular flexibility index (Phi) is 9.82. The lowest BCUT2D eigenvalue weighted by Crippen LogP contribution is -2.13. The van der Waals surface area contributed by atoms with Gasteiger partial charge in [-0.1, -0.05) is 36.1 Å². The van der Waals surface area contributed by atoms with Crippen LogP contribution in [0.5, 0.6) is 11.5 Å². The third kappa shape index (κ3) is 7.94. The van der Waals surface area contributed by atoms with Gasteiger partial charge in [0.05, 0.1) is 12.9 Å². The van der Waals surface area contributed by atoms with Crippen LogP contribution in [-0.2, 0) is 9.53 Å². The van der Waals surface area contributed by atoms with Gasteiger partial charge < -0.3 is 14.2 Å². The molecule has 0 aliphatic rings. The van der Waals surface area contributed by atoms with Crippen molar-refractivity contribution in [3.63, 3.8) is 0 Å². The van der Waals surface area contributed by atoms with Gasteiger partial charge in [0, 0.05) is 5.56 Å². The zero-order chi connectivity index (χ0) is 25.0. The lowest BCUT2D eigenvalue weighted by atomic mass is 9.97. The Balaban J connectivity index is 1.76. The average molecular weight is 491 g/mol. The summed E-state index contributed by atoms with van der Waals surface area (Å²) in [5.74, 6) is 7.59. The molecule has 3 aromatic carbocycles. The first-order chi connectivity index (χ1) is 17.0. The third-order valence-corrected chi connectivity index (χ3v) is 5.49. The van der Waals surface area contributed by atoms with E-state index < -0.39 is 5.97 Å². The standard InChI is InChI=1S/C29H27FO4S/c1-21-19-26(14-15-28(21)34-20-29(31)32-2)33-17-16-27(24-10-12-25(30)13-11-24)23-8-6-22(7-9-23)5-4-18-35-3/h6-16,19H,17-18,20H2,1-3H3. The molecule has 0 aliphatic carbocycles. The number of esters is 1. The molecular weight excluding hydrogens is 463 g/mol. The lowest BCUT2D eigenvalue weighted by molar-refractivity contribution is -0.142. The molecule has 0 unspecified atom stereocenters. The summed E-state index contributed by atoms with van der Waals surface area (Å²) in [5.41, 5.74) is 4.59. The molecule has 180 valence electrons. The summed E-state index contributed by atoms with van der Waals surface area (Å²) in [6, 6.07) is 19.8. The van der Waals surface area contributed by atoms with Crippen LogP contribution in [0.3, 0.4) is 0 Å². The summed E-state index contributed by atoms with van der Waals surface area (Å²) in [4.78, 5) is 11.3. The van der Waals surface area contributed by atoms with Gasteiger partial charge in [0.25, 0.3) is 0 Å². The number of hydrogen-bond acceptors (Lipinski definition) is 5. The molecule has 35 heavy (non-hydrogen) atoms. The molecule has 0 bridgehead atoms. The summed E-state index contributed by atoms with van der Waals surface area (Å²) < 4.78 is 29.5. The lowest BCUT2D eigenvalue weighted by Gasteiger charge is -2.12. The van der Waals surface area contributed by atoms with Crippen LogP contribution in [0.2, 0.25) is 0 Å². The van der Waals surface area contributed by atoms with Crippen LogP contribution < -0.4 is 9.47 Å². The highest BCUT2D eigenvalue weighted by Crippen LogP contribution is 2.26. The van der Waals surface area contributed by atoms with E-state index in [-0.39, 0.29) is 12.4 Å². The first-order valence-corrected chi connectivity index (χ1v) is 12.4.